The molecule has 1 aliphatic heterocycles. The summed E-state index contributed by atoms with van der Waals surface area (Å²) in [5, 5.41) is 0. The molecule has 0 spiro atoms. The predicted molar refractivity (Wildman–Crippen MR) is 86.0 cm³/mol. The molecule has 0 unspecified atom stereocenters. The fraction of sp³-hybridized carbons (Fsp3) is 1.00. The second kappa shape index (κ2) is 7.46. The maximum Gasteiger partial charge on any atom is 0.160 e. The monoisotopic (exact) mass is 294 g/mol. The van der Waals surface area contributed by atoms with Crippen LogP contribution in [-0.2, 0) is 9.47 Å². The van der Waals surface area contributed by atoms with E-state index in [1.54, 1.807) is 0 Å². The molecule has 3 fully saturated rings. The molecule has 21 heavy (non-hydrogen) atoms. The van der Waals surface area contributed by atoms with E-state index in [-0.39, 0.29) is 6.29 Å². The Hall–Kier alpha value is -0.0800. The second-order valence-electron chi connectivity index (χ2n) is 8.00. The van der Waals surface area contributed by atoms with Crippen LogP contribution >= 0.6 is 0 Å². The molecule has 0 bridgehead atoms. The highest BCUT2D eigenvalue weighted by Crippen LogP contribution is 2.38. The topological polar surface area (TPSA) is 18.5 Å². The molecule has 1 saturated heterocycles. The van der Waals surface area contributed by atoms with Gasteiger partial charge in [0.15, 0.2) is 6.29 Å². The van der Waals surface area contributed by atoms with E-state index in [0.29, 0.717) is 11.8 Å². The van der Waals surface area contributed by atoms with Crippen molar-refractivity contribution in [2.75, 3.05) is 13.2 Å². The lowest BCUT2D eigenvalue weighted by molar-refractivity contribution is -0.237. The lowest BCUT2D eigenvalue weighted by atomic mass is 9.75. The Morgan fingerprint density at radius 1 is 0.714 bits per heavy atom. The molecule has 0 amide bonds. The SMILES string of the molecule is CCC1CCC(C2COC(C3CCC(C)CC3)OC2)CC1. The summed E-state index contributed by atoms with van der Waals surface area (Å²) in [4.78, 5) is 0. The highest BCUT2D eigenvalue weighted by molar-refractivity contribution is 4.81. The van der Waals surface area contributed by atoms with Crippen molar-refractivity contribution in [2.24, 2.45) is 29.6 Å². The molecule has 2 aliphatic carbocycles. The lowest BCUT2D eigenvalue weighted by Crippen LogP contribution is -2.41. The third-order valence-electron chi connectivity index (χ3n) is 6.53. The summed E-state index contributed by atoms with van der Waals surface area (Å²) in [5.41, 5.74) is 0. The van der Waals surface area contributed by atoms with Gasteiger partial charge in [-0.25, -0.2) is 0 Å². The molecule has 1 heterocycles. The van der Waals surface area contributed by atoms with Crippen molar-refractivity contribution in [2.45, 2.75) is 77.9 Å². The van der Waals surface area contributed by atoms with E-state index in [0.717, 1.165) is 31.0 Å². The van der Waals surface area contributed by atoms with Gasteiger partial charge in [-0.3, -0.25) is 0 Å². The van der Waals surface area contributed by atoms with E-state index in [1.165, 1.54) is 57.8 Å². The van der Waals surface area contributed by atoms with E-state index >= 15 is 0 Å². The van der Waals surface area contributed by atoms with E-state index < -0.39 is 0 Å². The van der Waals surface area contributed by atoms with Crippen LogP contribution in [0.5, 0.6) is 0 Å². The highest BCUT2D eigenvalue weighted by Gasteiger charge is 2.35. The molecular weight excluding hydrogens is 260 g/mol. The molecule has 0 radical (unpaired) electrons. The van der Waals surface area contributed by atoms with Gasteiger partial charge in [-0.05, 0) is 43.4 Å². The van der Waals surface area contributed by atoms with Crippen molar-refractivity contribution in [3.05, 3.63) is 0 Å². The second-order valence-corrected chi connectivity index (χ2v) is 8.00. The van der Waals surface area contributed by atoms with Crippen LogP contribution in [0.15, 0.2) is 0 Å². The molecule has 0 aromatic carbocycles. The van der Waals surface area contributed by atoms with Gasteiger partial charge in [0.05, 0.1) is 13.2 Å². The summed E-state index contributed by atoms with van der Waals surface area (Å²) in [5.74, 6) is 4.09. The zero-order valence-electron chi connectivity index (χ0n) is 14.1. The molecular formula is C19H34O2. The van der Waals surface area contributed by atoms with Crippen molar-refractivity contribution in [1.29, 1.82) is 0 Å². The van der Waals surface area contributed by atoms with Crippen LogP contribution in [0.4, 0.5) is 0 Å². The molecule has 0 aromatic rings. The summed E-state index contributed by atoms with van der Waals surface area (Å²) in [7, 11) is 0. The van der Waals surface area contributed by atoms with Gasteiger partial charge in [0.25, 0.3) is 0 Å². The van der Waals surface area contributed by atoms with E-state index in [9.17, 15) is 0 Å². The quantitative estimate of drug-likeness (QED) is 0.727. The van der Waals surface area contributed by atoms with Crippen LogP contribution in [0, 0.1) is 29.6 Å². The van der Waals surface area contributed by atoms with Gasteiger partial charge in [0.1, 0.15) is 0 Å². The Morgan fingerprint density at radius 2 is 1.29 bits per heavy atom. The smallest absolute Gasteiger partial charge is 0.160 e. The first-order valence-corrected chi connectivity index (χ1v) is 9.49. The number of ether oxygens (including phenoxy) is 2. The molecule has 0 atom stereocenters. The van der Waals surface area contributed by atoms with Crippen molar-refractivity contribution < 1.29 is 9.47 Å². The van der Waals surface area contributed by atoms with Crippen LogP contribution in [-0.4, -0.2) is 19.5 Å². The minimum Gasteiger partial charge on any atom is -0.352 e. The van der Waals surface area contributed by atoms with Crippen LogP contribution in [0.3, 0.4) is 0 Å². The Balaban J connectivity index is 1.41. The minimum absolute atomic E-state index is 0.112. The molecule has 2 heteroatoms. The van der Waals surface area contributed by atoms with Gasteiger partial charge in [0.2, 0.25) is 0 Å². The number of rotatable bonds is 3. The Labute approximate surface area is 131 Å². The maximum absolute atomic E-state index is 6.15. The largest absolute Gasteiger partial charge is 0.352 e. The highest BCUT2D eigenvalue weighted by atomic mass is 16.7. The summed E-state index contributed by atoms with van der Waals surface area (Å²) in [6.07, 6.45) is 12.5. The molecule has 122 valence electrons. The summed E-state index contributed by atoms with van der Waals surface area (Å²) in [6.45, 7) is 6.63. The summed E-state index contributed by atoms with van der Waals surface area (Å²) < 4.78 is 12.3. The van der Waals surface area contributed by atoms with E-state index in [1.807, 2.05) is 0 Å². The van der Waals surface area contributed by atoms with Crippen LogP contribution in [0.25, 0.3) is 0 Å². The van der Waals surface area contributed by atoms with Gasteiger partial charge < -0.3 is 9.47 Å². The van der Waals surface area contributed by atoms with Gasteiger partial charge in [0, 0.05) is 11.8 Å². The van der Waals surface area contributed by atoms with Crippen molar-refractivity contribution in [1.82, 2.24) is 0 Å². The van der Waals surface area contributed by atoms with Crippen molar-refractivity contribution >= 4 is 0 Å². The Bertz CT molecular complexity index is 293. The van der Waals surface area contributed by atoms with Crippen LogP contribution in [0.1, 0.15) is 71.6 Å². The summed E-state index contributed by atoms with van der Waals surface area (Å²) >= 11 is 0. The standard InChI is InChI=1S/C19H34O2/c1-3-15-6-10-16(11-7-15)18-12-20-19(21-13-18)17-8-4-14(2)5-9-17/h14-19H,3-13H2,1-2H3. The normalized spacial score (nSPS) is 45.4. The Morgan fingerprint density at radius 3 is 1.86 bits per heavy atom. The zero-order valence-corrected chi connectivity index (χ0v) is 14.1. The Kier molecular flexibility index (Phi) is 5.61. The van der Waals surface area contributed by atoms with Gasteiger partial charge in [-0.2, -0.15) is 0 Å². The van der Waals surface area contributed by atoms with E-state index in [4.69, 9.17) is 9.47 Å². The molecule has 0 aromatic heterocycles. The average molecular weight is 294 g/mol. The average Bonchev–Trinajstić information content (AvgIpc) is 2.56. The minimum atomic E-state index is 0.112. The fourth-order valence-corrected chi connectivity index (χ4v) is 4.70. The molecule has 2 saturated carbocycles. The zero-order chi connectivity index (χ0) is 14.7. The maximum atomic E-state index is 6.15. The number of hydrogen-bond acceptors (Lipinski definition) is 2. The molecule has 3 rings (SSSR count). The first-order valence-electron chi connectivity index (χ1n) is 9.49. The fourth-order valence-electron chi connectivity index (χ4n) is 4.70. The van der Waals surface area contributed by atoms with Crippen LogP contribution < -0.4 is 0 Å². The molecule has 2 nitrogen and oxygen atoms in total. The van der Waals surface area contributed by atoms with Crippen molar-refractivity contribution in [3.63, 3.8) is 0 Å². The van der Waals surface area contributed by atoms with E-state index in [2.05, 4.69) is 13.8 Å². The third-order valence-corrected chi connectivity index (χ3v) is 6.53. The number of hydrogen-bond donors (Lipinski definition) is 0. The predicted octanol–water partition coefficient (Wildman–Crippen LogP) is 5.02. The molecule has 0 N–H and O–H groups in total. The molecule has 3 aliphatic rings. The first kappa shape index (κ1) is 15.8. The lowest BCUT2D eigenvalue weighted by Gasteiger charge is -2.40. The summed E-state index contributed by atoms with van der Waals surface area (Å²) in [6, 6.07) is 0. The van der Waals surface area contributed by atoms with Gasteiger partial charge in [-0.1, -0.05) is 46.0 Å². The van der Waals surface area contributed by atoms with Crippen molar-refractivity contribution in [3.8, 4) is 0 Å². The third kappa shape index (κ3) is 4.01. The first-order chi connectivity index (χ1) is 10.3. The van der Waals surface area contributed by atoms with Gasteiger partial charge >= 0.3 is 0 Å². The van der Waals surface area contributed by atoms with Crippen LogP contribution in [0.2, 0.25) is 0 Å². The van der Waals surface area contributed by atoms with Gasteiger partial charge in [-0.15, -0.1) is 0 Å².